The Morgan fingerprint density at radius 3 is 2.92 bits per heavy atom. The van der Waals surface area contributed by atoms with E-state index in [0.29, 0.717) is 4.48 Å². The van der Waals surface area contributed by atoms with Gasteiger partial charge in [0.05, 0.1) is 6.20 Å². The molecule has 72 valence electrons. The van der Waals surface area contributed by atoms with Gasteiger partial charge in [0.25, 0.3) is 10.0 Å². The summed E-state index contributed by atoms with van der Waals surface area (Å²) in [5.74, 6) is 0. The molecular weight excluding hydrogens is 258 g/mol. The van der Waals surface area contributed by atoms with E-state index in [1.807, 2.05) is 0 Å². The molecule has 0 aliphatic heterocycles. The van der Waals surface area contributed by atoms with Crippen LogP contribution in [0.15, 0.2) is 28.4 Å². The average molecular weight is 266 g/mol. The smallest absolute Gasteiger partial charge is 0.257 e. The van der Waals surface area contributed by atoms with Crippen LogP contribution in [-0.4, -0.2) is 25.2 Å². The molecule has 1 aromatic rings. The lowest BCUT2D eigenvalue weighted by Gasteiger charge is -2.01. The minimum atomic E-state index is -3.47. The highest BCUT2D eigenvalue weighted by Gasteiger charge is 2.14. The highest BCUT2D eigenvalue weighted by atomic mass is 79.9. The second-order valence-corrected chi connectivity index (χ2v) is 5.12. The van der Waals surface area contributed by atoms with Crippen molar-refractivity contribution in [3.05, 3.63) is 23.3 Å². The van der Waals surface area contributed by atoms with Crippen LogP contribution in [0.1, 0.15) is 0 Å². The van der Waals surface area contributed by atoms with E-state index in [1.165, 1.54) is 12.3 Å². The molecule has 0 bridgehead atoms. The van der Waals surface area contributed by atoms with Gasteiger partial charge in [-0.1, -0.05) is 22.5 Å². The van der Waals surface area contributed by atoms with Crippen molar-refractivity contribution in [2.45, 2.75) is 5.03 Å². The van der Waals surface area contributed by atoms with Gasteiger partial charge >= 0.3 is 0 Å². The monoisotopic (exact) mass is 265 g/mol. The van der Waals surface area contributed by atoms with Gasteiger partial charge in [0.1, 0.15) is 0 Å². The number of nitrogens with one attached hydrogen (secondary N) is 2. The number of rotatable bonds is 4. The molecule has 1 aromatic heterocycles. The second-order valence-electron chi connectivity index (χ2n) is 2.26. The Morgan fingerprint density at radius 2 is 2.46 bits per heavy atom. The maximum Gasteiger partial charge on any atom is 0.257 e. The van der Waals surface area contributed by atoms with Crippen LogP contribution in [0, 0.1) is 0 Å². The predicted molar refractivity (Wildman–Crippen MR) is 51.8 cm³/mol. The molecule has 13 heavy (non-hydrogen) atoms. The molecule has 0 aromatic carbocycles. The van der Waals surface area contributed by atoms with E-state index in [-0.39, 0.29) is 11.6 Å². The van der Waals surface area contributed by atoms with Crippen LogP contribution in [0.2, 0.25) is 0 Å². The molecule has 1 heterocycles. The zero-order valence-electron chi connectivity index (χ0n) is 6.62. The lowest BCUT2D eigenvalue weighted by atomic mass is 10.7. The quantitative estimate of drug-likeness (QED) is 0.837. The van der Waals surface area contributed by atoms with E-state index in [2.05, 4.69) is 37.4 Å². The zero-order chi connectivity index (χ0) is 9.90. The molecule has 0 unspecified atom stereocenters. The molecule has 0 amide bonds. The van der Waals surface area contributed by atoms with Crippen LogP contribution in [0.25, 0.3) is 0 Å². The van der Waals surface area contributed by atoms with Gasteiger partial charge in [0, 0.05) is 11.0 Å². The molecule has 2 N–H and O–H groups in total. The Labute approximate surface area is 84.4 Å². The van der Waals surface area contributed by atoms with Crippen LogP contribution in [0.3, 0.4) is 0 Å². The third kappa shape index (κ3) is 2.94. The van der Waals surface area contributed by atoms with Crippen molar-refractivity contribution in [3.8, 4) is 0 Å². The van der Waals surface area contributed by atoms with E-state index in [1.54, 1.807) is 0 Å². The van der Waals surface area contributed by atoms with E-state index in [4.69, 9.17) is 0 Å². The Balaban J connectivity index is 2.74. The van der Waals surface area contributed by atoms with Crippen molar-refractivity contribution in [1.82, 2.24) is 14.9 Å². The van der Waals surface area contributed by atoms with Crippen LogP contribution in [-0.2, 0) is 10.0 Å². The summed E-state index contributed by atoms with van der Waals surface area (Å²) in [6.07, 6.45) is 1.37. The summed E-state index contributed by atoms with van der Waals surface area (Å²) >= 11 is 3.04. The summed E-state index contributed by atoms with van der Waals surface area (Å²) in [7, 11) is -3.47. The first kappa shape index (κ1) is 10.4. The fraction of sp³-hybridized carbons (Fsp3) is 0.167. The fourth-order valence-corrected chi connectivity index (χ4v) is 1.90. The van der Waals surface area contributed by atoms with Crippen LogP contribution in [0.5, 0.6) is 0 Å². The van der Waals surface area contributed by atoms with Crippen molar-refractivity contribution < 1.29 is 8.42 Å². The number of aromatic amines is 1. The van der Waals surface area contributed by atoms with Gasteiger partial charge in [0.2, 0.25) is 0 Å². The van der Waals surface area contributed by atoms with Crippen LogP contribution >= 0.6 is 15.9 Å². The minimum absolute atomic E-state index is 0.0428. The first-order valence-electron chi connectivity index (χ1n) is 3.35. The highest BCUT2D eigenvalue weighted by molar-refractivity contribution is 9.11. The molecule has 0 radical (unpaired) electrons. The van der Waals surface area contributed by atoms with Gasteiger partial charge in [-0.05, 0) is 6.07 Å². The number of aromatic nitrogens is 2. The van der Waals surface area contributed by atoms with Crippen molar-refractivity contribution in [2.75, 3.05) is 6.54 Å². The van der Waals surface area contributed by atoms with E-state index >= 15 is 0 Å². The summed E-state index contributed by atoms with van der Waals surface area (Å²) < 4.78 is 25.6. The van der Waals surface area contributed by atoms with Crippen molar-refractivity contribution in [3.63, 3.8) is 0 Å². The third-order valence-electron chi connectivity index (χ3n) is 1.22. The van der Waals surface area contributed by atoms with E-state index < -0.39 is 10.0 Å². The fourth-order valence-electron chi connectivity index (χ4n) is 0.644. The Morgan fingerprint density at radius 1 is 1.77 bits per heavy atom. The van der Waals surface area contributed by atoms with E-state index in [0.717, 1.165) is 0 Å². The molecule has 0 spiro atoms. The number of sulfonamides is 1. The number of hydrogen-bond donors (Lipinski definition) is 2. The SMILES string of the molecule is C=C(Br)CNS(=O)(=O)c1ccn[nH]1. The maximum atomic E-state index is 11.4. The molecule has 0 saturated heterocycles. The van der Waals surface area contributed by atoms with Crippen molar-refractivity contribution in [2.24, 2.45) is 0 Å². The number of halogens is 1. The second kappa shape index (κ2) is 4.03. The molecule has 0 fully saturated rings. The Bertz CT molecular complexity index is 384. The summed E-state index contributed by atoms with van der Waals surface area (Å²) in [5, 5.41) is 5.94. The molecule has 0 atom stereocenters. The van der Waals surface area contributed by atoms with Crippen LogP contribution < -0.4 is 4.72 Å². The Hall–Kier alpha value is -0.660. The largest absolute Gasteiger partial charge is 0.266 e. The number of hydrogen-bond acceptors (Lipinski definition) is 3. The third-order valence-corrected chi connectivity index (χ3v) is 2.83. The van der Waals surface area contributed by atoms with Gasteiger partial charge in [-0.2, -0.15) is 5.10 Å². The van der Waals surface area contributed by atoms with Gasteiger partial charge in [0.15, 0.2) is 5.03 Å². The van der Waals surface area contributed by atoms with Crippen molar-refractivity contribution >= 4 is 26.0 Å². The number of nitrogens with zero attached hydrogens (tertiary/aromatic N) is 1. The molecule has 1 rings (SSSR count). The molecule has 7 heteroatoms. The lowest BCUT2D eigenvalue weighted by Crippen LogP contribution is -2.25. The first-order chi connectivity index (χ1) is 6.02. The summed E-state index contributed by atoms with van der Waals surface area (Å²) in [6.45, 7) is 3.66. The van der Waals surface area contributed by atoms with E-state index in [9.17, 15) is 8.42 Å². The molecule has 0 saturated carbocycles. The average Bonchev–Trinajstić information content (AvgIpc) is 2.53. The molecule has 0 aliphatic carbocycles. The van der Waals surface area contributed by atoms with Gasteiger partial charge in [-0.15, -0.1) is 0 Å². The van der Waals surface area contributed by atoms with Crippen LogP contribution in [0.4, 0.5) is 0 Å². The lowest BCUT2D eigenvalue weighted by molar-refractivity contribution is 0.581. The minimum Gasteiger partial charge on any atom is -0.266 e. The summed E-state index contributed by atoms with van der Waals surface area (Å²) in [6, 6.07) is 1.37. The Kier molecular flexibility index (Phi) is 3.23. The predicted octanol–water partition coefficient (Wildman–Crippen LogP) is 0.597. The summed E-state index contributed by atoms with van der Waals surface area (Å²) in [5.41, 5.74) is 0. The zero-order valence-corrected chi connectivity index (χ0v) is 9.02. The maximum absolute atomic E-state index is 11.4. The summed E-state index contributed by atoms with van der Waals surface area (Å²) in [4.78, 5) is 0. The number of H-pyrrole nitrogens is 1. The van der Waals surface area contributed by atoms with Gasteiger partial charge in [-0.3, -0.25) is 5.10 Å². The molecular formula is C6H8BrN3O2S. The highest BCUT2D eigenvalue weighted by Crippen LogP contribution is 2.04. The van der Waals surface area contributed by atoms with Gasteiger partial charge < -0.3 is 0 Å². The standard InChI is InChI=1S/C6H8BrN3O2S/c1-5(7)4-9-13(11,12)6-2-3-8-10-6/h2-3,9H,1,4H2,(H,8,10). The van der Waals surface area contributed by atoms with Crippen molar-refractivity contribution in [1.29, 1.82) is 0 Å². The topological polar surface area (TPSA) is 74.8 Å². The van der Waals surface area contributed by atoms with Gasteiger partial charge in [-0.25, -0.2) is 13.1 Å². The normalized spacial score (nSPS) is 11.5. The molecule has 0 aliphatic rings. The first-order valence-corrected chi connectivity index (χ1v) is 5.62. The molecule has 5 nitrogen and oxygen atoms in total.